The van der Waals surface area contributed by atoms with Crippen LogP contribution in [0.15, 0.2) is 48.5 Å². The van der Waals surface area contributed by atoms with Gasteiger partial charge in [-0.3, -0.25) is 9.20 Å². The fourth-order valence-corrected chi connectivity index (χ4v) is 4.05. The highest BCUT2D eigenvalue weighted by Crippen LogP contribution is 2.34. The van der Waals surface area contributed by atoms with Crippen LogP contribution in [0.25, 0.3) is 26.4 Å². The van der Waals surface area contributed by atoms with E-state index in [0.29, 0.717) is 6.42 Å². The predicted octanol–water partition coefficient (Wildman–Crippen LogP) is 4.24. The van der Waals surface area contributed by atoms with Gasteiger partial charge in [-0.25, -0.2) is 4.98 Å². The monoisotopic (exact) mass is 352 g/mol. The highest BCUT2D eigenvalue weighted by Gasteiger charge is 2.18. The van der Waals surface area contributed by atoms with Gasteiger partial charge in [0.25, 0.3) is 0 Å². The van der Waals surface area contributed by atoms with Crippen LogP contribution >= 0.6 is 11.3 Å². The van der Waals surface area contributed by atoms with Gasteiger partial charge in [0.15, 0.2) is 4.96 Å². The molecular weight excluding hydrogens is 336 g/mol. The summed E-state index contributed by atoms with van der Waals surface area (Å²) in [6.07, 6.45) is 0.500. The van der Waals surface area contributed by atoms with E-state index in [1.165, 1.54) is 0 Å². The first-order valence-corrected chi connectivity index (χ1v) is 8.74. The Hall–Kier alpha value is -2.86. The van der Waals surface area contributed by atoms with Crippen molar-refractivity contribution in [3.63, 3.8) is 0 Å². The Morgan fingerprint density at radius 2 is 1.96 bits per heavy atom. The number of hydrogen-bond acceptors (Lipinski definition) is 4. The van der Waals surface area contributed by atoms with E-state index in [1.807, 2.05) is 42.5 Å². The molecular formula is C19H16N2O3S. The lowest BCUT2D eigenvalue weighted by Crippen LogP contribution is -2.01. The molecule has 2 aromatic carbocycles. The van der Waals surface area contributed by atoms with Gasteiger partial charge in [0.05, 0.1) is 35.1 Å². The van der Waals surface area contributed by atoms with E-state index in [0.717, 1.165) is 37.9 Å². The number of carboxylic acids is 1. The zero-order valence-electron chi connectivity index (χ0n) is 13.6. The Bertz CT molecular complexity index is 1060. The summed E-state index contributed by atoms with van der Waals surface area (Å²) in [6, 6.07) is 15.8. The number of aromatic nitrogens is 2. The molecule has 0 fully saturated rings. The lowest BCUT2D eigenvalue weighted by Gasteiger charge is -2.05. The SMILES string of the molecule is COc1ccc(-c2nc3sc4ccccc4n3c2CCC(=O)O)cc1. The van der Waals surface area contributed by atoms with Gasteiger partial charge >= 0.3 is 5.97 Å². The van der Waals surface area contributed by atoms with Crippen LogP contribution in [0.1, 0.15) is 12.1 Å². The number of para-hydroxylation sites is 1. The lowest BCUT2D eigenvalue weighted by atomic mass is 10.1. The van der Waals surface area contributed by atoms with Crippen LogP contribution in [0.5, 0.6) is 5.75 Å². The molecule has 0 aliphatic heterocycles. The first kappa shape index (κ1) is 15.7. The number of imidazole rings is 1. The summed E-state index contributed by atoms with van der Waals surface area (Å²) in [5, 5.41) is 9.13. The Labute approximate surface area is 148 Å². The summed E-state index contributed by atoms with van der Waals surface area (Å²) in [4.78, 5) is 16.8. The number of carboxylic acid groups (broad SMARTS) is 1. The van der Waals surface area contributed by atoms with Gasteiger partial charge in [-0.05, 0) is 36.4 Å². The number of benzene rings is 2. The molecule has 0 aliphatic rings. The van der Waals surface area contributed by atoms with Gasteiger partial charge in [0.2, 0.25) is 0 Å². The number of thiazole rings is 1. The number of methoxy groups -OCH3 is 1. The van der Waals surface area contributed by atoms with E-state index in [9.17, 15) is 4.79 Å². The maximum absolute atomic E-state index is 11.1. The largest absolute Gasteiger partial charge is 0.497 e. The van der Waals surface area contributed by atoms with E-state index < -0.39 is 5.97 Å². The molecule has 0 unspecified atom stereocenters. The smallest absolute Gasteiger partial charge is 0.303 e. The lowest BCUT2D eigenvalue weighted by molar-refractivity contribution is -0.136. The summed E-state index contributed by atoms with van der Waals surface area (Å²) in [5.74, 6) is -0.0301. The van der Waals surface area contributed by atoms with Crippen LogP contribution in [0.4, 0.5) is 0 Å². The molecule has 0 spiro atoms. The van der Waals surface area contributed by atoms with Crippen LogP contribution in [0, 0.1) is 0 Å². The number of nitrogens with zero attached hydrogens (tertiary/aromatic N) is 2. The average Bonchev–Trinajstić information content (AvgIpc) is 3.16. The third-order valence-electron chi connectivity index (χ3n) is 4.19. The van der Waals surface area contributed by atoms with Crippen molar-refractivity contribution in [1.29, 1.82) is 0 Å². The zero-order chi connectivity index (χ0) is 17.4. The summed E-state index contributed by atoms with van der Waals surface area (Å²) in [5.41, 5.74) is 3.79. The molecule has 6 heteroatoms. The molecule has 0 radical (unpaired) electrons. The van der Waals surface area contributed by atoms with Crippen LogP contribution < -0.4 is 4.74 Å². The Morgan fingerprint density at radius 3 is 2.68 bits per heavy atom. The second kappa shape index (κ2) is 6.22. The predicted molar refractivity (Wildman–Crippen MR) is 98.5 cm³/mol. The van der Waals surface area contributed by atoms with Crippen LogP contribution in [-0.2, 0) is 11.2 Å². The molecule has 1 N–H and O–H groups in total. The van der Waals surface area contributed by atoms with Gasteiger partial charge in [0, 0.05) is 12.0 Å². The van der Waals surface area contributed by atoms with Gasteiger partial charge in [0.1, 0.15) is 5.75 Å². The van der Waals surface area contributed by atoms with E-state index in [-0.39, 0.29) is 6.42 Å². The minimum Gasteiger partial charge on any atom is -0.497 e. The van der Waals surface area contributed by atoms with Crippen molar-refractivity contribution in [2.75, 3.05) is 7.11 Å². The Morgan fingerprint density at radius 1 is 1.20 bits per heavy atom. The van der Waals surface area contributed by atoms with Crippen LogP contribution in [-0.4, -0.2) is 27.6 Å². The second-order valence-electron chi connectivity index (χ2n) is 5.72. The molecule has 0 aliphatic carbocycles. The minimum atomic E-state index is -0.810. The fourth-order valence-electron chi connectivity index (χ4n) is 3.01. The summed E-state index contributed by atoms with van der Waals surface area (Å²) >= 11 is 1.61. The molecule has 0 saturated heterocycles. The van der Waals surface area contributed by atoms with Crippen molar-refractivity contribution in [3.05, 3.63) is 54.2 Å². The van der Waals surface area contributed by atoms with Crippen molar-refractivity contribution in [3.8, 4) is 17.0 Å². The van der Waals surface area contributed by atoms with Gasteiger partial charge in [-0.2, -0.15) is 0 Å². The van der Waals surface area contributed by atoms with Crippen molar-refractivity contribution in [2.24, 2.45) is 0 Å². The molecule has 0 amide bonds. The normalized spacial score (nSPS) is 11.2. The van der Waals surface area contributed by atoms with E-state index in [2.05, 4.69) is 10.5 Å². The molecule has 0 bridgehead atoms. The van der Waals surface area contributed by atoms with Crippen LogP contribution in [0.2, 0.25) is 0 Å². The number of carbonyl (C=O) groups is 1. The topological polar surface area (TPSA) is 63.8 Å². The standard InChI is InChI=1S/C19H16N2O3S/c1-24-13-8-6-12(7-9-13)18-15(10-11-17(22)23)21-14-4-2-3-5-16(14)25-19(21)20-18/h2-9H,10-11H2,1H3,(H,22,23). The molecule has 5 nitrogen and oxygen atoms in total. The number of hydrogen-bond donors (Lipinski definition) is 1. The molecule has 0 atom stereocenters. The summed E-state index contributed by atoms with van der Waals surface area (Å²) < 4.78 is 8.44. The fraction of sp³-hybridized carbons (Fsp3) is 0.158. The molecule has 2 heterocycles. The Kier molecular flexibility index (Phi) is 3.89. The van der Waals surface area contributed by atoms with Crippen molar-refractivity contribution < 1.29 is 14.6 Å². The third kappa shape index (κ3) is 2.74. The van der Waals surface area contributed by atoms with E-state index in [4.69, 9.17) is 14.8 Å². The second-order valence-corrected chi connectivity index (χ2v) is 6.73. The Balaban J connectivity index is 1.92. The molecule has 0 saturated carbocycles. The number of ether oxygens (including phenoxy) is 1. The van der Waals surface area contributed by atoms with Crippen LogP contribution in [0.3, 0.4) is 0 Å². The molecule has 2 aromatic heterocycles. The summed E-state index contributed by atoms with van der Waals surface area (Å²) in [7, 11) is 1.63. The first-order valence-electron chi connectivity index (χ1n) is 7.92. The van der Waals surface area contributed by atoms with Crippen molar-refractivity contribution >= 4 is 32.5 Å². The highest BCUT2D eigenvalue weighted by atomic mass is 32.1. The molecule has 25 heavy (non-hydrogen) atoms. The maximum Gasteiger partial charge on any atom is 0.303 e. The quantitative estimate of drug-likeness (QED) is 0.583. The van der Waals surface area contributed by atoms with Gasteiger partial charge < -0.3 is 9.84 Å². The third-order valence-corrected chi connectivity index (χ3v) is 5.21. The van der Waals surface area contributed by atoms with E-state index >= 15 is 0 Å². The van der Waals surface area contributed by atoms with E-state index in [1.54, 1.807) is 18.4 Å². The minimum absolute atomic E-state index is 0.0706. The highest BCUT2D eigenvalue weighted by molar-refractivity contribution is 7.23. The van der Waals surface area contributed by atoms with Gasteiger partial charge in [-0.15, -0.1) is 0 Å². The van der Waals surface area contributed by atoms with Crippen molar-refractivity contribution in [2.45, 2.75) is 12.8 Å². The molecule has 126 valence electrons. The summed E-state index contributed by atoms with van der Waals surface area (Å²) in [6.45, 7) is 0. The zero-order valence-corrected chi connectivity index (χ0v) is 14.4. The number of rotatable bonds is 5. The molecule has 4 aromatic rings. The number of fused-ring (bicyclic) bond motifs is 3. The maximum atomic E-state index is 11.1. The number of aliphatic carboxylic acids is 1. The first-order chi connectivity index (χ1) is 12.2. The number of aryl methyl sites for hydroxylation is 1. The average molecular weight is 352 g/mol. The van der Waals surface area contributed by atoms with Gasteiger partial charge in [-0.1, -0.05) is 23.5 Å². The van der Waals surface area contributed by atoms with Crippen molar-refractivity contribution in [1.82, 2.24) is 9.38 Å². The molecule has 4 rings (SSSR count).